The molecule has 0 bridgehead atoms. The molecule has 0 aliphatic carbocycles. The Morgan fingerprint density at radius 1 is 1.29 bits per heavy atom. The van der Waals surface area contributed by atoms with E-state index in [-0.39, 0.29) is 11.7 Å². The molecule has 10 nitrogen and oxygen atoms in total. The number of rotatable bonds is 3. The molecule has 0 amide bonds. The maximum atomic E-state index is 10.9. The monoisotopic (exact) mass is 394 g/mol. The van der Waals surface area contributed by atoms with Gasteiger partial charge in [0.2, 0.25) is 0 Å². The molecular formula is C17H14N8O2S. The highest BCUT2D eigenvalue weighted by molar-refractivity contribution is 7.26. The summed E-state index contributed by atoms with van der Waals surface area (Å²) in [6.07, 6.45) is 4.23. The van der Waals surface area contributed by atoms with Crippen molar-refractivity contribution in [1.82, 2.24) is 34.3 Å². The first kappa shape index (κ1) is 16.7. The third-order valence-electron chi connectivity index (χ3n) is 4.68. The van der Waals surface area contributed by atoms with Gasteiger partial charge in [0.1, 0.15) is 34.3 Å². The zero-order valence-corrected chi connectivity index (χ0v) is 16.0. The van der Waals surface area contributed by atoms with E-state index in [1.54, 1.807) is 10.8 Å². The second-order valence-electron chi connectivity index (χ2n) is 6.63. The minimum atomic E-state index is -0.477. The lowest BCUT2D eigenvalue weighted by atomic mass is 10.1. The van der Waals surface area contributed by atoms with Gasteiger partial charge in [0, 0.05) is 11.1 Å². The number of thiophene rings is 1. The van der Waals surface area contributed by atoms with Crippen molar-refractivity contribution in [2.24, 2.45) is 0 Å². The van der Waals surface area contributed by atoms with Gasteiger partial charge in [-0.3, -0.25) is 14.8 Å². The molecule has 28 heavy (non-hydrogen) atoms. The Bertz CT molecular complexity index is 1400. The number of pyridine rings is 1. The summed E-state index contributed by atoms with van der Waals surface area (Å²) in [6.45, 7) is 5.87. The molecular weight excluding hydrogens is 380 g/mol. The van der Waals surface area contributed by atoms with Crippen LogP contribution in [0.5, 0.6) is 0 Å². The summed E-state index contributed by atoms with van der Waals surface area (Å²) in [5.41, 5.74) is 3.57. The summed E-state index contributed by atoms with van der Waals surface area (Å²) in [4.78, 5) is 25.2. The topological polar surface area (TPSA) is 117 Å². The second kappa shape index (κ2) is 5.76. The summed E-state index contributed by atoms with van der Waals surface area (Å²) in [6, 6.07) is 1.68. The van der Waals surface area contributed by atoms with Crippen LogP contribution in [0.2, 0.25) is 0 Å². The average Bonchev–Trinajstić information content (AvgIpc) is 3.36. The number of aryl methyl sites for hydroxylation is 2. The Morgan fingerprint density at radius 3 is 2.86 bits per heavy atom. The van der Waals surface area contributed by atoms with Gasteiger partial charge in [0.05, 0.1) is 10.4 Å². The molecule has 140 valence electrons. The molecule has 0 N–H and O–H groups in total. The quantitative estimate of drug-likeness (QED) is 0.340. The molecule has 1 atom stereocenters. The van der Waals surface area contributed by atoms with Crippen molar-refractivity contribution in [3.8, 4) is 0 Å². The first-order valence-electron chi connectivity index (χ1n) is 8.52. The molecule has 5 aromatic heterocycles. The fraction of sp³-hybridized carbons (Fsp3) is 0.235. The van der Waals surface area contributed by atoms with Crippen LogP contribution in [-0.4, -0.2) is 39.3 Å². The van der Waals surface area contributed by atoms with Gasteiger partial charge in [-0.1, -0.05) is 0 Å². The lowest BCUT2D eigenvalue weighted by Crippen LogP contribution is -2.09. The second-order valence-corrected chi connectivity index (χ2v) is 7.63. The van der Waals surface area contributed by atoms with Crippen LogP contribution < -0.4 is 0 Å². The maximum Gasteiger partial charge on any atom is 0.307 e. The molecule has 0 aliphatic heterocycles. The van der Waals surface area contributed by atoms with E-state index in [1.165, 1.54) is 28.4 Å². The minimum absolute atomic E-state index is 0.0684. The zero-order valence-electron chi connectivity index (χ0n) is 15.2. The van der Waals surface area contributed by atoms with Crippen LogP contribution >= 0.6 is 11.3 Å². The molecule has 11 heteroatoms. The van der Waals surface area contributed by atoms with Gasteiger partial charge in [-0.25, -0.2) is 19.5 Å². The van der Waals surface area contributed by atoms with Crippen molar-refractivity contribution in [2.75, 3.05) is 0 Å². The standard InChI is InChI=1S/C17H14N8O2S/c1-8-4-9(2)20-17-12(8)13-14(28-17)16-21-15(22-24(16)7-18-13)10(3)23-6-11(5-19-23)25(26)27/h4-7,10H,1-3H3. The third kappa shape index (κ3) is 2.36. The highest BCUT2D eigenvalue weighted by Crippen LogP contribution is 2.35. The van der Waals surface area contributed by atoms with Crippen molar-refractivity contribution in [1.29, 1.82) is 0 Å². The number of hydrogen-bond acceptors (Lipinski definition) is 8. The van der Waals surface area contributed by atoms with E-state index >= 15 is 0 Å². The molecule has 0 aliphatic rings. The van der Waals surface area contributed by atoms with Gasteiger partial charge in [-0.05, 0) is 32.4 Å². The van der Waals surface area contributed by atoms with Crippen molar-refractivity contribution in [3.63, 3.8) is 0 Å². The Hall–Kier alpha value is -3.47. The Kier molecular flexibility index (Phi) is 3.43. The molecule has 0 spiro atoms. The van der Waals surface area contributed by atoms with Gasteiger partial charge in [0.15, 0.2) is 11.5 Å². The molecule has 0 fully saturated rings. The minimum Gasteiger partial charge on any atom is -0.258 e. The van der Waals surface area contributed by atoms with Crippen LogP contribution in [0.25, 0.3) is 26.1 Å². The molecule has 1 unspecified atom stereocenters. The Balaban J connectivity index is 1.69. The van der Waals surface area contributed by atoms with E-state index in [2.05, 4.69) is 32.1 Å². The number of hydrogen-bond donors (Lipinski definition) is 0. The molecule has 0 radical (unpaired) electrons. The molecule has 0 aromatic carbocycles. The van der Waals surface area contributed by atoms with Crippen LogP contribution in [0.4, 0.5) is 5.69 Å². The first-order valence-corrected chi connectivity index (χ1v) is 9.34. The van der Waals surface area contributed by atoms with Crippen molar-refractivity contribution in [2.45, 2.75) is 26.8 Å². The number of nitrogens with zero attached hydrogens (tertiary/aromatic N) is 8. The van der Waals surface area contributed by atoms with Gasteiger partial charge in [0.25, 0.3) is 0 Å². The van der Waals surface area contributed by atoms with Crippen LogP contribution in [-0.2, 0) is 0 Å². The van der Waals surface area contributed by atoms with Gasteiger partial charge < -0.3 is 0 Å². The summed E-state index contributed by atoms with van der Waals surface area (Å²) >= 11 is 1.54. The van der Waals surface area contributed by atoms with E-state index in [0.717, 1.165) is 31.7 Å². The predicted octanol–water partition coefficient (Wildman–Crippen LogP) is 3.22. The number of nitro groups is 1. The average molecular weight is 394 g/mol. The SMILES string of the molecule is Cc1cc(C)c2c(n1)sc1c2ncn2nc(C(C)n3cc([N+](=O)[O-])cn3)nc12. The summed E-state index contributed by atoms with van der Waals surface area (Å²) < 4.78 is 4.03. The smallest absolute Gasteiger partial charge is 0.258 e. The Morgan fingerprint density at radius 2 is 2.11 bits per heavy atom. The third-order valence-corrected chi connectivity index (χ3v) is 5.75. The first-order chi connectivity index (χ1) is 13.4. The fourth-order valence-corrected chi connectivity index (χ4v) is 4.54. The van der Waals surface area contributed by atoms with Gasteiger partial charge in [-0.2, -0.15) is 5.10 Å². The van der Waals surface area contributed by atoms with Crippen molar-refractivity contribution in [3.05, 3.63) is 52.0 Å². The van der Waals surface area contributed by atoms with E-state index < -0.39 is 4.92 Å². The molecule has 0 saturated carbocycles. The van der Waals surface area contributed by atoms with Crippen molar-refractivity contribution >= 4 is 43.1 Å². The van der Waals surface area contributed by atoms with Gasteiger partial charge >= 0.3 is 5.69 Å². The molecule has 5 aromatic rings. The van der Waals surface area contributed by atoms with Crippen LogP contribution in [0.15, 0.2) is 24.8 Å². The molecule has 5 rings (SSSR count). The maximum absolute atomic E-state index is 10.9. The van der Waals surface area contributed by atoms with Gasteiger partial charge in [-0.15, -0.1) is 16.4 Å². The lowest BCUT2D eigenvalue weighted by Gasteiger charge is -2.05. The summed E-state index contributed by atoms with van der Waals surface area (Å²) in [5.74, 6) is 0.505. The van der Waals surface area contributed by atoms with E-state index in [9.17, 15) is 10.1 Å². The van der Waals surface area contributed by atoms with E-state index in [1.807, 2.05) is 19.9 Å². The number of fused-ring (bicyclic) bond motifs is 5. The normalized spacial score (nSPS) is 13.0. The molecule has 5 heterocycles. The predicted molar refractivity (Wildman–Crippen MR) is 104 cm³/mol. The van der Waals surface area contributed by atoms with Crippen LogP contribution in [0.3, 0.4) is 0 Å². The highest BCUT2D eigenvalue weighted by atomic mass is 32.1. The highest BCUT2D eigenvalue weighted by Gasteiger charge is 2.21. The summed E-state index contributed by atoms with van der Waals surface area (Å²) in [5, 5.41) is 20.5. The fourth-order valence-electron chi connectivity index (χ4n) is 3.31. The Labute approximate surface area is 161 Å². The largest absolute Gasteiger partial charge is 0.307 e. The number of aromatic nitrogens is 7. The van der Waals surface area contributed by atoms with E-state index in [0.29, 0.717) is 11.5 Å². The van der Waals surface area contributed by atoms with Crippen molar-refractivity contribution < 1.29 is 4.92 Å². The molecule has 0 saturated heterocycles. The zero-order chi connectivity index (χ0) is 19.6. The lowest BCUT2D eigenvalue weighted by molar-refractivity contribution is -0.385. The van der Waals surface area contributed by atoms with Crippen LogP contribution in [0.1, 0.15) is 30.0 Å². The van der Waals surface area contributed by atoms with Crippen LogP contribution in [0, 0.1) is 24.0 Å². The summed E-state index contributed by atoms with van der Waals surface area (Å²) in [7, 11) is 0. The van der Waals surface area contributed by atoms with E-state index in [4.69, 9.17) is 0 Å².